The normalized spacial score (nSPS) is 12.9. The summed E-state index contributed by atoms with van der Waals surface area (Å²) in [5.74, 6) is 1.75. The predicted octanol–water partition coefficient (Wildman–Crippen LogP) is 16.7. The lowest BCUT2D eigenvalue weighted by Crippen LogP contribution is -2.32. The number of hydrogen-bond acceptors (Lipinski definition) is 4. The van der Waals surface area contributed by atoms with Gasteiger partial charge in [-0.15, -0.1) is 0 Å². The SMILES string of the molecule is c1ccc(N(c2ccccc2)c2ccc(-c3cccc(N(c4ccc5c(c4)C4(c6ccccc6Oc6ccccc64)c4ccccc4-5)c4cccc5oc6ccccc6c45)c3)cc2)cc1. The average molecular weight is 833 g/mol. The summed E-state index contributed by atoms with van der Waals surface area (Å²) in [6, 6.07) is 86.7. The Hall–Kier alpha value is -8.60. The molecule has 11 aromatic rings. The zero-order valence-electron chi connectivity index (χ0n) is 35.3. The molecule has 0 atom stereocenters. The summed E-state index contributed by atoms with van der Waals surface area (Å²) in [6.07, 6.45) is 0. The molecule has 1 aliphatic heterocycles. The van der Waals surface area contributed by atoms with Crippen molar-refractivity contribution in [3.8, 4) is 33.8 Å². The van der Waals surface area contributed by atoms with Gasteiger partial charge in [-0.2, -0.15) is 0 Å². The zero-order chi connectivity index (χ0) is 42.9. The number of rotatable bonds is 7. The Balaban J connectivity index is 1.01. The molecular weight excluding hydrogens is 793 g/mol. The van der Waals surface area contributed by atoms with Gasteiger partial charge in [0.2, 0.25) is 0 Å². The lowest BCUT2D eigenvalue weighted by Gasteiger charge is -2.39. The molecule has 65 heavy (non-hydrogen) atoms. The van der Waals surface area contributed by atoms with Gasteiger partial charge in [0.25, 0.3) is 0 Å². The highest BCUT2D eigenvalue weighted by molar-refractivity contribution is 6.13. The monoisotopic (exact) mass is 832 g/mol. The smallest absolute Gasteiger partial charge is 0.137 e. The maximum atomic E-state index is 6.69. The lowest BCUT2D eigenvalue weighted by atomic mass is 9.66. The highest BCUT2D eigenvalue weighted by Crippen LogP contribution is 2.63. The molecule has 4 heteroatoms. The van der Waals surface area contributed by atoms with Crippen LogP contribution >= 0.6 is 0 Å². The molecule has 13 rings (SSSR count). The van der Waals surface area contributed by atoms with Crippen LogP contribution in [0, 0.1) is 0 Å². The van der Waals surface area contributed by atoms with Crippen LogP contribution in [0.5, 0.6) is 11.5 Å². The Morgan fingerprint density at radius 3 is 1.60 bits per heavy atom. The summed E-state index contributed by atoms with van der Waals surface area (Å²) >= 11 is 0. The number of fused-ring (bicyclic) bond motifs is 12. The van der Waals surface area contributed by atoms with Crippen molar-refractivity contribution < 1.29 is 9.15 Å². The summed E-state index contributed by atoms with van der Waals surface area (Å²) in [6.45, 7) is 0. The van der Waals surface area contributed by atoms with Crippen molar-refractivity contribution in [1.82, 2.24) is 0 Å². The van der Waals surface area contributed by atoms with Gasteiger partial charge >= 0.3 is 0 Å². The van der Waals surface area contributed by atoms with Crippen molar-refractivity contribution in [2.75, 3.05) is 9.80 Å². The van der Waals surface area contributed by atoms with E-state index in [-0.39, 0.29) is 0 Å². The minimum atomic E-state index is -0.607. The first-order valence-electron chi connectivity index (χ1n) is 22.2. The van der Waals surface area contributed by atoms with E-state index in [2.05, 4.69) is 246 Å². The molecule has 0 radical (unpaired) electrons. The van der Waals surface area contributed by atoms with Crippen molar-refractivity contribution in [2.24, 2.45) is 0 Å². The van der Waals surface area contributed by atoms with E-state index in [0.29, 0.717) is 0 Å². The van der Waals surface area contributed by atoms with Crippen LogP contribution in [-0.4, -0.2) is 0 Å². The molecule has 1 aliphatic carbocycles. The predicted molar refractivity (Wildman–Crippen MR) is 266 cm³/mol. The summed E-state index contributed by atoms with van der Waals surface area (Å²) in [5, 5.41) is 2.15. The first kappa shape index (κ1) is 37.0. The number of benzene rings is 10. The van der Waals surface area contributed by atoms with Crippen molar-refractivity contribution in [1.29, 1.82) is 0 Å². The summed E-state index contributed by atoms with van der Waals surface area (Å²) in [5.41, 5.74) is 17.0. The van der Waals surface area contributed by atoms with E-state index in [0.717, 1.165) is 89.8 Å². The van der Waals surface area contributed by atoms with Gasteiger partial charge in [0.1, 0.15) is 22.7 Å². The number of para-hydroxylation sites is 5. The van der Waals surface area contributed by atoms with Gasteiger partial charge in [-0.3, -0.25) is 0 Å². The van der Waals surface area contributed by atoms with Crippen molar-refractivity contribution in [3.63, 3.8) is 0 Å². The molecule has 10 aromatic carbocycles. The van der Waals surface area contributed by atoms with Crippen molar-refractivity contribution in [2.45, 2.75) is 5.41 Å². The van der Waals surface area contributed by atoms with Crippen molar-refractivity contribution >= 4 is 56.1 Å². The first-order chi connectivity index (χ1) is 32.2. The van der Waals surface area contributed by atoms with E-state index in [1.807, 2.05) is 6.07 Å². The molecule has 4 nitrogen and oxygen atoms in total. The molecule has 2 aliphatic rings. The van der Waals surface area contributed by atoms with Gasteiger partial charge in [0.05, 0.1) is 16.5 Å². The van der Waals surface area contributed by atoms with Crippen LogP contribution < -0.4 is 14.5 Å². The van der Waals surface area contributed by atoms with Crippen LogP contribution in [0.25, 0.3) is 44.2 Å². The van der Waals surface area contributed by atoms with Crippen LogP contribution in [0.1, 0.15) is 22.3 Å². The largest absolute Gasteiger partial charge is 0.457 e. The molecule has 2 heterocycles. The third kappa shape index (κ3) is 5.71. The number of hydrogen-bond donors (Lipinski definition) is 0. The highest BCUT2D eigenvalue weighted by atomic mass is 16.5. The minimum absolute atomic E-state index is 0.607. The molecule has 1 spiro atoms. The van der Waals surface area contributed by atoms with Gasteiger partial charge in [-0.25, -0.2) is 0 Å². The molecule has 1 aromatic heterocycles. The maximum absolute atomic E-state index is 6.69. The second-order valence-electron chi connectivity index (χ2n) is 16.8. The van der Waals surface area contributed by atoms with E-state index in [1.165, 1.54) is 22.3 Å². The molecule has 0 fully saturated rings. The van der Waals surface area contributed by atoms with Crippen LogP contribution in [-0.2, 0) is 5.41 Å². The van der Waals surface area contributed by atoms with Gasteiger partial charge in [-0.05, 0) is 124 Å². The van der Waals surface area contributed by atoms with Crippen molar-refractivity contribution in [3.05, 3.63) is 265 Å². The maximum Gasteiger partial charge on any atom is 0.137 e. The summed E-state index contributed by atoms with van der Waals surface area (Å²) in [4.78, 5) is 4.72. The topological polar surface area (TPSA) is 28.9 Å². The van der Waals surface area contributed by atoms with Gasteiger partial charge in [-0.1, -0.05) is 152 Å². The van der Waals surface area contributed by atoms with Gasteiger partial charge < -0.3 is 19.0 Å². The van der Waals surface area contributed by atoms with Gasteiger partial charge in [0.15, 0.2) is 0 Å². The van der Waals surface area contributed by atoms with E-state index in [4.69, 9.17) is 9.15 Å². The standard InChI is InChI=1S/C61H40N2O2/c1-3-18-43(19-4-1)62(44-20-5-2-6-21-44)45-35-33-41(34-36-45)42-17-15-22-46(39-42)63(55-28-16-32-59-60(55)50-24-8-12-29-56(50)64-59)47-37-38-49-48-23-7-9-25-51(48)61(54(49)40-47)52-26-10-13-30-57(52)65-58-31-14-11-27-53(58)61/h1-40H. The fourth-order valence-corrected chi connectivity index (χ4v) is 10.6. The number of furan rings is 1. The Kier molecular flexibility index (Phi) is 8.40. The van der Waals surface area contributed by atoms with Crippen LogP contribution in [0.4, 0.5) is 34.1 Å². The molecular formula is C61H40N2O2. The Morgan fingerprint density at radius 2 is 0.862 bits per heavy atom. The number of nitrogens with zero attached hydrogens (tertiary/aromatic N) is 2. The third-order valence-corrected chi connectivity index (χ3v) is 13.3. The van der Waals surface area contributed by atoms with Crippen LogP contribution in [0.2, 0.25) is 0 Å². The number of anilines is 6. The third-order valence-electron chi connectivity index (χ3n) is 13.3. The van der Waals surface area contributed by atoms with E-state index in [1.54, 1.807) is 0 Å². The summed E-state index contributed by atoms with van der Waals surface area (Å²) in [7, 11) is 0. The molecule has 0 saturated heterocycles. The fraction of sp³-hybridized carbons (Fsp3) is 0.0164. The second-order valence-corrected chi connectivity index (χ2v) is 16.8. The highest BCUT2D eigenvalue weighted by Gasteiger charge is 2.51. The molecule has 306 valence electrons. The lowest BCUT2D eigenvalue weighted by molar-refractivity contribution is 0.436. The second kappa shape index (κ2) is 14.8. The average Bonchev–Trinajstić information content (AvgIpc) is 3.90. The van der Waals surface area contributed by atoms with E-state index in [9.17, 15) is 0 Å². The zero-order valence-corrected chi connectivity index (χ0v) is 35.3. The molecule has 0 bridgehead atoms. The minimum Gasteiger partial charge on any atom is -0.457 e. The van der Waals surface area contributed by atoms with E-state index >= 15 is 0 Å². The Labute approximate surface area is 377 Å². The molecule has 0 saturated carbocycles. The van der Waals surface area contributed by atoms with Crippen LogP contribution in [0.15, 0.2) is 247 Å². The molecule has 0 unspecified atom stereocenters. The first-order valence-corrected chi connectivity index (χ1v) is 22.2. The molecule has 0 N–H and O–H groups in total. The van der Waals surface area contributed by atoms with E-state index < -0.39 is 5.41 Å². The Morgan fingerprint density at radius 1 is 0.323 bits per heavy atom. The molecule has 0 amide bonds. The summed E-state index contributed by atoms with van der Waals surface area (Å²) < 4.78 is 13.2. The fourth-order valence-electron chi connectivity index (χ4n) is 10.6. The number of ether oxygens (including phenoxy) is 1. The van der Waals surface area contributed by atoms with Gasteiger partial charge in [0, 0.05) is 45.0 Å². The Bertz CT molecular complexity index is 3510. The quantitative estimate of drug-likeness (QED) is 0.160. The van der Waals surface area contributed by atoms with Crippen LogP contribution in [0.3, 0.4) is 0 Å².